The van der Waals surface area contributed by atoms with Crippen LogP contribution in [0.2, 0.25) is 0 Å². The van der Waals surface area contributed by atoms with Gasteiger partial charge in [-0.25, -0.2) is 4.39 Å². The van der Waals surface area contributed by atoms with Crippen LogP contribution in [0, 0.1) is 11.2 Å². The summed E-state index contributed by atoms with van der Waals surface area (Å²) in [5, 5.41) is 2.96. The van der Waals surface area contributed by atoms with E-state index in [-0.39, 0.29) is 23.1 Å². The second-order valence-electron chi connectivity index (χ2n) is 5.18. The third-order valence-corrected chi connectivity index (χ3v) is 4.33. The molecule has 1 N–H and O–H groups in total. The van der Waals surface area contributed by atoms with Crippen LogP contribution in [0.1, 0.15) is 37.2 Å². The zero-order valence-electron chi connectivity index (χ0n) is 9.71. The predicted molar refractivity (Wildman–Crippen MR) is 63.1 cm³/mol. The molecule has 1 spiro atoms. The number of hydrogen-bond acceptors (Lipinski definition) is 1. The number of benzene rings is 1. The zero-order chi connectivity index (χ0) is 11.9. The van der Waals surface area contributed by atoms with Crippen LogP contribution in [0.15, 0.2) is 24.3 Å². The third kappa shape index (κ3) is 1.56. The van der Waals surface area contributed by atoms with Crippen molar-refractivity contribution in [2.45, 2.75) is 31.6 Å². The standard InChI is InChI=1S/C14H16FNO/c15-11-5-3-4-10(8-11)12-9-16-13(17)14(12)6-1-2-7-14/h3-5,8,12H,1-2,6-7,9H2,(H,16,17)/t12-/m0/s1. The fourth-order valence-electron chi connectivity index (χ4n) is 3.47. The Balaban J connectivity index is 2.00. The number of amides is 1. The molecule has 1 heterocycles. The van der Waals surface area contributed by atoms with E-state index in [9.17, 15) is 9.18 Å². The summed E-state index contributed by atoms with van der Waals surface area (Å²) in [7, 11) is 0. The van der Waals surface area contributed by atoms with Gasteiger partial charge in [-0.15, -0.1) is 0 Å². The molecule has 1 aliphatic carbocycles. The van der Waals surface area contributed by atoms with Gasteiger partial charge in [-0.1, -0.05) is 25.0 Å². The minimum atomic E-state index is -0.256. The molecule has 2 nitrogen and oxygen atoms in total. The molecule has 0 radical (unpaired) electrons. The summed E-state index contributed by atoms with van der Waals surface area (Å²) in [5.41, 5.74) is 0.707. The van der Waals surface area contributed by atoms with Gasteiger partial charge in [0.2, 0.25) is 5.91 Å². The van der Waals surface area contributed by atoms with Gasteiger partial charge in [-0.3, -0.25) is 4.79 Å². The van der Waals surface area contributed by atoms with Crippen molar-refractivity contribution in [3.05, 3.63) is 35.6 Å². The number of rotatable bonds is 1. The Morgan fingerprint density at radius 1 is 1.29 bits per heavy atom. The van der Waals surface area contributed by atoms with Crippen molar-refractivity contribution >= 4 is 5.91 Å². The first-order valence-electron chi connectivity index (χ1n) is 6.26. The Kier molecular flexibility index (Phi) is 2.42. The molecular weight excluding hydrogens is 217 g/mol. The van der Waals surface area contributed by atoms with Gasteiger partial charge in [0.25, 0.3) is 0 Å². The first kappa shape index (κ1) is 10.8. The Morgan fingerprint density at radius 3 is 2.76 bits per heavy atom. The maximum atomic E-state index is 13.3. The molecule has 1 aromatic carbocycles. The lowest BCUT2D eigenvalue weighted by Crippen LogP contribution is -2.31. The minimum Gasteiger partial charge on any atom is -0.355 e. The molecule has 0 bridgehead atoms. The Morgan fingerprint density at radius 2 is 2.06 bits per heavy atom. The van der Waals surface area contributed by atoms with E-state index in [4.69, 9.17) is 0 Å². The molecule has 0 aromatic heterocycles. The van der Waals surface area contributed by atoms with Crippen LogP contribution in [0.4, 0.5) is 4.39 Å². The van der Waals surface area contributed by atoms with Gasteiger partial charge >= 0.3 is 0 Å². The fraction of sp³-hybridized carbons (Fsp3) is 0.500. The second kappa shape index (κ2) is 3.83. The van der Waals surface area contributed by atoms with Crippen molar-refractivity contribution in [2.75, 3.05) is 6.54 Å². The van der Waals surface area contributed by atoms with Crippen LogP contribution in [0.3, 0.4) is 0 Å². The van der Waals surface area contributed by atoms with Gasteiger partial charge in [-0.05, 0) is 30.5 Å². The first-order chi connectivity index (χ1) is 8.22. The molecule has 1 atom stereocenters. The summed E-state index contributed by atoms with van der Waals surface area (Å²) in [6.07, 6.45) is 4.11. The molecule has 1 aliphatic heterocycles. The highest BCUT2D eigenvalue weighted by molar-refractivity contribution is 5.86. The van der Waals surface area contributed by atoms with Crippen molar-refractivity contribution < 1.29 is 9.18 Å². The quantitative estimate of drug-likeness (QED) is 0.793. The maximum absolute atomic E-state index is 13.3. The van der Waals surface area contributed by atoms with Crippen molar-refractivity contribution in [1.82, 2.24) is 5.32 Å². The van der Waals surface area contributed by atoms with Crippen LogP contribution in [-0.2, 0) is 4.79 Å². The van der Waals surface area contributed by atoms with Gasteiger partial charge in [-0.2, -0.15) is 0 Å². The highest BCUT2D eigenvalue weighted by Crippen LogP contribution is 2.51. The summed E-state index contributed by atoms with van der Waals surface area (Å²) in [4.78, 5) is 12.1. The smallest absolute Gasteiger partial charge is 0.226 e. The number of carbonyl (C=O) groups is 1. The Hall–Kier alpha value is -1.38. The minimum absolute atomic E-state index is 0.146. The molecular formula is C14H16FNO. The molecule has 1 aromatic rings. The van der Waals surface area contributed by atoms with E-state index in [1.165, 1.54) is 6.07 Å². The van der Waals surface area contributed by atoms with Gasteiger partial charge < -0.3 is 5.32 Å². The molecule has 2 aliphatic rings. The lowest BCUT2D eigenvalue weighted by Gasteiger charge is -2.27. The maximum Gasteiger partial charge on any atom is 0.226 e. The topological polar surface area (TPSA) is 29.1 Å². The number of halogens is 1. The number of carbonyl (C=O) groups excluding carboxylic acids is 1. The van der Waals surface area contributed by atoms with E-state index in [0.29, 0.717) is 6.54 Å². The Bertz CT molecular complexity index is 451. The molecule has 3 rings (SSSR count). The molecule has 3 heteroatoms. The molecule has 1 saturated heterocycles. The summed E-state index contributed by atoms with van der Waals surface area (Å²) < 4.78 is 13.3. The van der Waals surface area contributed by atoms with Gasteiger partial charge in [0, 0.05) is 12.5 Å². The zero-order valence-corrected chi connectivity index (χ0v) is 9.71. The van der Waals surface area contributed by atoms with E-state index >= 15 is 0 Å². The highest BCUT2D eigenvalue weighted by Gasteiger charge is 2.51. The van der Waals surface area contributed by atoms with Crippen molar-refractivity contribution in [2.24, 2.45) is 5.41 Å². The SMILES string of the molecule is O=C1NC[C@@H](c2cccc(F)c2)C12CCCC2. The summed E-state index contributed by atoms with van der Waals surface area (Å²) >= 11 is 0. The molecule has 1 amide bonds. The molecule has 1 saturated carbocycles. The van der Waals surface area contributed by atoms with Gasteiger partial charge in [0.15, 0.2) is 0 Å². The van der Waals surface area contributed by atoms with Crippen LogP contribution in [-0.4, -0.2) is 12.5 Å². The third-order valence-electron chi connectivity index (χ3n) is 4.33. The predicted octanol–water partition coefficient (Wildman–Crippen LogP) is 2.60. The largest absolute Gasteiger partial charge is 0.355 e. The normalized spacial score (nSPS) is 26.4. The van der Waals surface area contributed by atoms with E-state index in [2.05, 4.69) is 5.32 Å². The van der Waals surface area contributed by atoms with Crippen LogP contribution in [0.5, 0.6) is 0 Å². The molecule has 90 valence electrons. The fourth-order valence-corrected chi connectivity index (χ4v) is 3.47. The van der Waals surface area contributed by atoms with Crippen LogP contribution in [0.25, 0.3) is 0 Å². The summed E-state index contributed by atoms with van der Waals surface area (Å²) in [5.74, 6) is 0.104. The number of nitrogens with one attached hydrogen (secondary N) is 1. The lowest BCUT2D eigenvalue weighted by molar-refractivity contribution is -0.127. The molecule has 17 heavy (non-hydrogen) atoms. The lowest BCUT2D eigenvalue weighted by atomic mass is 9.73. The van der Waals surface area contributed by atoms with Crippen molar-refractivity contribution in [1.29, 1.82) is 0 Å². The van der Waals surface area contributed by atoms with E-state index in [0.717, 1.165) is 31.2 Å². The van der Waals surface area contributed by atoms with Crippen LogP contribution >= 0.6 is 0 Å². The average Bonchev–Trinajstić information content (AvgIpc) is 2.90. The monoisotopic (exact) mass is 233 g/mol. The van der Waals surface area contributed by atoms with E-state index < -0.39 is 0 Å². The second-order valence-corrected chi connectivity index (χ2v) is 5.18. The van der Waals surface area contributed by atoms with Gasteiger partial charge in [0.05, 0.1) is 5.41 Å². The highest BCUT2D eigenvalue weighted by atomic mass is 19.1. The molecule has 2 fully saturated rings. The average molecular weight is 233 g/mol. The summed E-state index contributed by atoms with van der Waals surface area (Å²) in [6.45, 7) is 0.655. The number of hydrogen-bond donors (Lipinski definition) is 1. The first-order valence-corrected chi connectivity index (χ1v) is 6.26. The molecule has 0 unspecified atom stereocenters. The van der Waals surface area contributed by atoms with E-state index in [1.807, 2.05) is 6.07 Å². The van der Waals surface area contributed by atoms with Crippen molar-refractivity contribution in [3.8, 4) is 0 Å². The Labute approximate surface area is 100 Å². The van der Waals surface area contributed by atoms with E-state index in [1.54, 1.807) is 12.1 Å². The van der Waals surface area contributed by atoms with Crippen molar-refractivity contribution in [3.63, 3.8) is 0 Å². The van der Waals surface area contributed by atoms with Crippen LogP contribution < -0.4 is 5.32 Å². The van der Waals surface area contributed by atoms with Gasteiger partial charge in [0.1, 0.15) is 5.82 Å². The summed E-state index contributed by atoms with van der Waals surface area (Å²) in [6, 6.07) is 6.70.